The minimum atomic E-state index is -0.381. The molecule has 2 aliphatic rings. The molecule has 0 spiro atoms. The van der Waals surface area contributed by atoms with Crippen molar-refractivity contribution in [3.63, 3.8) is 0 Å². The van der Waals surface area contributed by atoms with Crippen LogP contribution in [0.15, 0.2) is 24.3 Å². The van der Waals surface area contributed by atoms with Gasteiger partial charge in [-0.05, 0) is 56.7 Å². The molecule has 1 atom stereocenters. The molecule has 1 aliphatic heterocycles. The quantitative estimate of drug-likeness (QED) is 0.760. The summed E-state index contributed by atoms with van der Waals surface area (Å²) >= 11 is 0. The molecule has 4 N–H and O–H groups in total. The van der Waals surface area contributed by atoms with E-state index in [9.17, 15) is 9.59 Å². The summed E-state index contributed by atoms with van der Waals surface area (Å²) in [5.41, 5.74) is 7.06. The van der Waals surface area contributed by atoms with E-state index in [1.54, 1.807) is 24.3 Å². The van der Waals surface area contributed by atoms with E-state index in [1.807, 2.05) is 0 Å². The number of anilines is 1. The van der Waals surface area contributed by atoms with Gasteiger partial charge in [0, 0.05) is 29.9 Å². The highest BCUT2D eigenvalue weighted by Gasteiger charge is 2.24. The first-order valence-electron chi connectivity index (χ1n) is 8.71. The number of halogens is 1. The molecule has 7 heteroatoms. The second kappa shape index (κ2) is 9.17. The van der Waals surface area contributed by atoms with Crippen LogP contribution in [0.25, 0.3) is 0 Å². The molecular formula is C18H26ClN3O3. The molecule has 0 bridgehead atoms. The highest BCUT2D eigenvalue weighted by atomic mass is 35.5. The molecule has 2 fully saturated rings. The van der Waals surface area contributed by atoms with Gasteiger partial charge in [-0.25, -0.2) is 0 Å². The Morgan fingerprint density at radius 2 is 1.88 bits per heavy atom. The van der Waals surface area contributed by atoms with Gasteiger partial charge in [-0.15, -0.1) is 12.4 Å². The molecule has 1 aliphatic carbocycles. The second-order valence-electron chi connectivity index (χ2n) is 6.66. The third-order valence-electron chi connectivity index (χ3n) is 4.72. The van der Waals surface area contributed by atoms with Crippen molar-refractivity contribution in [2.24, 2.45) is 5.73 Å². The number of amides is 2. The predicted molar refractivity (Wildman–Crippen MR) is 99.0 cm³/mol. The molecule has 1 heterocycles. The van der Waals surface area contributed by atoms with E-state index in [0.29, 0.717) is 17.9 Å². The zero-order chi connectivity index (χ0) is 16.9. The molecule has 1 saturated heterocycles. The van der Waals surface area contributed by atoms with Crippen molar-refractivity contribution >= 4 is 29.9 Å². The number of hydrogen-bond acceptors (Lipinski definition) is 4. The SMILES string of the molecule is Cl.NC1CCC(NC(=O)c2cccc(NC(=O)C3CCCO3)c2)CC1. The molecule has 0 radical (unpaired) electrons. The van der Waals surface area contributed by atoms with E-state index < -0.39 is 0 Å². The van der Waals surface area contributed by atoms with E-state index in [1.165, 1.54) is 0 Å². The van der Waals surface area contributed by atoms with Gasteiger partial charge in [-0.3, -0.25) is 9.59 Å². The van der Waals surface area contributed by atoms with Crippen molar-refractivity contribution in [3.8, 4) is 0 Å². The Bertz CT molecular complexity index is 597. The maximum Gasteiger partial charge on any atom is 0.253 e. The zero-order valence-corrected chi connectivity index (χ0v) is 15.0. The van der Waals surface area contributed by atoms with Gasteiger partial charge in [-0.1, -0.05) is 6.07 Å². The first-order chi connectivity index (χ1) is 11.6. The molecule has 1 saturated carbocycles. The average Bonchev–Trinajstić information content (AvgIpc) is 3.12. The van der Waals surface area contributed by atoms with Crippen molar-refractivity contribution in [2.75, 3.05) is 11.9 Å². The molecular weight excluding hydrogens is 342 g/mol. The minimum Gasteiger partial charge on any atom is -0.368 e. The van der Waals surface area contributed by atoms with Gasteiger partial charge in [-0.2, -0.15) is 0 Å². The molecule has 1 aromatic rings. The fraction of sp³-hybridized carbons (Fsp3) is 0.556. The molecule has 1 unspecified atom stereocenters. The standard InChI is InChI=1S/C18H25N3O3.ClH/c19-13-6-8-14(9-7-13)20-17(22)12-3-1-4-15(11-12)21-18(23)16-5-2-10-24-16;/h1,3-4,11,13-14,16H,2,5-10,19H2,(H,20,22)(H,21,23);1H. The van der Waals surface area contributed by atoms with E-state index in [-0.39, 0.29) is 42.4 Å². The first-order valence-corrected chi connectivity index (χ1v) is 8.71. The number of carbonyl (C=O) groups is 2. The molecule has 1 aromatic carbocycles. The summed E-state index contributed by atoms with van der Waals surface area (Å²) in [6, 6.07) is 7.46. The van der Waals surface area contributed by atoms with Crippen LogP contribution >= 0.6 is 12.4 Å². The lowest BCUT2D eigenvalue weighted by molar-refractivity contribution is -0.124. The predicted octanol–water partition coefficient (Wildman–Crippen LogP) is 2.23. The number of benzene rings is 1. The van der Waals surface area contributed by atoms with Crippen molar-refractivity contribution in [1.82, 2.24) is 5.32 Å². The van der Waals surface area contributed by atoms with Crippen LogP contribution in [-0.2, 0) is 9.53 Å². The lowest BCUT2D eigenvalue weighted by Crippen LogP contribution is -2.40. The molecule has 3 rings (SSSR count). The number of hydrogen-bond donors (Lipinski definition) is 3. The summed E-state index contributed by atoms with van der Waals surface area (Å²) in [7, 11) is 0. The number of rotatable bonds is 4. The Morgan fingerprint density at radius 1 is 1.12 bits per heavy atom. The van der Waals surface area contributed by atoms with E-state index in [4.69, 9.17) is 10.5 Å². The summed E-state index contributed by atoms with van der Waals surface area (Å²) in [5, 5.41) is 5.89. The van der Waals surface area contributed by atoms with Crippen molar-refractivity contribution in [1.29, 1.82) is 0 Å². The fourth-order valence-corrected chi connectivity index (χ4v) is 3.28. The molecule has 2 amide bonds. The van der Waals surface area contributed by atoms with Gasteiger partial charge >= 0.3 is 0 Å². The molecule has 138 valence electrons. The van der Waals surface area contributed by atoms with Crippen molar-refractivity contribution in [3.05, 3.63) is 29.8 Å². The molecule has 0 aromatic heterocycles. The molecule has 6 nitrogen and oxygen atoms in total. The maximum atomic E-state index is 12.4. The number of carbonyl (C=O) groups excluding carboxylic acids is 2. The fourth-order valence-electron chi connectivity index (χ4n) is 3.28. The third kappa shape index (κ3) is 5.42. The van der Waals surface area contributed by atoms with Crippen LogP contribution in [0, 0.1) is 0 Å². The van der Waals surface area contributed by atoms with Crippen LogP contribution in [0.2, 0.25) is 0 Å². The number of nitrogens with two attached hydrogens (primary N) is 1. The topological polar surface area (TPSA) is 93.5 Å². The Labute approximate surface area is 154 Å². The van der Waals surface area contributed by atoms with Gasteiger partial charge < -0.3 is 21.1 Å². The summed E-state index contributed by atoms with van der Waals surface area (Å²) in [6.45, 7) is 0.631. The van der Waals surface area contributed by atoms with Crippen LogP contribution < -0.4 is 16.4 Å². The zero-order valence-electron chi connectivity index (χ0n) is 14.2. The minimum absolute atomic E-state index is 0. The van der Waals surface area contributed by atoms with E-state index in [0.717, 1.165) is 38.5 Å². The lowest BCUT2D eigenvalue weighted by atomic mass is 9.91. The summed E-state index contributed by atoms with van der Waals surface area (Å²) < 4.78 is 5.37. The Hall–Kier alpha value is -1.63. The second-order valence-corrected chi connectivity index (χ2v) is 6.66. The summed E-state index contributed by atoms with van der Waals surface area (Å²) in [6.07, 6.45) is 5.01. The van der Waals surface area contributed by atoms with Gasteiger partial charge in [0.25, 0.3) is 11.8 Å². The largest absolute Gasteiger partial charge is 0.368 e. The Kier molecular flexibility index (Phi) is 7.23. The number of nitrogens with one attached hydrogen (secondary N) is 2. The van der Waals surface area contributed by atoms with Crippen LogP contribution in [0.1, 0.15) is 48.9 Å². The van der Waals surface area contributed by atoms with Crippen molar-refractivity contribution in [2.45, 2.75) is 56.7 Å². The van der Waals surface area contributed by atoms with Gasteiger partial charge in [0.15, 0.2) is 0 Å². The van der Waals surface area contributed by atoms with Crippen LogP contribution in [0.5, 0.6) is 0 Å². The van der Waals surface area contributed by atoms with E-state index >= 15 is 0 Å². The first kappa shape index (κ1) is 19.7. The summed E-state index contributed by atoms with van der Waals surface area (Å²) in [5.74, 6) is -0.255. The maximum absolute atomic E-state index is 12.4. The smallest absolute Gasteiger partial charge is 0.253 e. The normalized spacial score (nSPS) is 25.7. The Balaban J connectivity index is 0.00000225. The Morgan fingerprint density at radius 3 is 2.56 bits per heavy atom. The lowest BCUT2D eigenvalue weighted by Gasteiger charge is -2.26. The number of ether oxygens (including phenoxy) is 1. The molecule has 25 heavy (non-hydrogen) atoms. The van der Waals surface area contributed by atoms with E-state index in [2.05, 4.69) is 10.6 Å². The third-order valence-corrected chi connectivity index (χ3v) is 4.72. The van der Waals surface area contributed by atoms with Crippen LogP contribution in [0.3, 0.4) is 0 Å². The van der Waals surface area contributed by atoms with Crippen LogP contribution in [-0.4, -0.2) is 36.6 Å². The van der Waals surface area contributed by atoms with Crippen LogP contribution in [0.4, 0.5) is 5.69 Å². The highest BCUT2D eigenvalue weighted by Crippen LogP contribution is 2.19. The van der Waals surface area contributed by atoms with Gasteiger partial charge in [0.05, 0.1) is 0 Å². The van der Waals surface area contributed by atoms with Crippen molar-refractivity contribution < 1.29 is 14.3 Å². The summed E-state index contributed by atoms with van der Waals surface area (Å²) in [4.78, 5) is 24.5. The average molecular weight is 368 g/mol. The van der Waals surface area contributed by atoms with Gasteiger partial charge in [0.2, 0.25) is 0 Å². The van der Waals surface area contributed by atoms with Gasteiger partial charge in [0.1, 0.15) is 6.10 Å². The highest BCUT2D eigenvalue weighted by molar-refractivity contribution is 5.98. The monoisotopic (exact) mass is 367 g/mol.